The zero-order valence-electron chi connectivity index (χ0n) is 19.9. The summed E-state index contributed by atoms with van der Waals surface area (Å²) in [6.07, 6.45) is 6.69. The molecule has 1 saturated carbocycles. The fourth-order valence-corrected chi connectivity index (χ4v) is 8.44. The Kier molecular flexibility index (Phi) is 5.72. The first-order valence-electron chi connectivity index (χ1n) is 11.7. The third kappa shape index (κ3) is 3.54. The first-order chi connectivity index (χ1) is 16.0. The van der Waals surface area contributed by atoms with Crippen molar-refractivity contribution in [1.82, 2.24) is 19.2 Å². The Balaban J connectivity index is 1.45. The minimum absolute atomic E-state index is 0.00332. The maximum Gasteiger partial charge on any atom is 0.255 e. The number of anilines is 1. The average Bonchev–Trinajstić information content (AvgIpc) is 3.40. The number of rotatable bonds is 4. The molecule has 4 heterocycles. The quantitative estimate of drug-likeness (QED) is 0.680. The highest BCUT2D eigenvalue weighted by Gasteiger charge is 2.55. The van der Waals surface area contributed by atoms with Gasteiger partial charge in [-0.05, 0) is 44.1 Å². The van der Waals surface area contributed by atoms with E-state index in [9.17, 15) is 17.6 Å². The van der Waals surface area contributed by atoms with E-state index in [2.05, 4.69) is 22.2 Å². The number of amides is 1. The van der Waals surface area contributed by atoms with Crippen LogP contribution in [-0.2, 0) is 15.6 Å². The molecular weight excluding hydrogens is 477 g/mol. The summed E-state index contributed by atoms with van der Waals surface area (Å²) in [5, 5.41) is 3.25. The van der Waals surface area contributed by atoms with E-state index in [0.29, 0.717) is 48.2 Å². The van der Waals surface area contributed by atoms with Crippen molar-refractivity contribution in [1.29, 1.82) is 0 Å². The van der Waals surface area contributed by atoms with Gasteiger partial charge in [0.2, 0.25) is 16.0 Å². The predicted octanol–water partition coefficient (Wildman–Crippen LogP) is 3.59. The molecule has 1 saturated heterocycles. The molecule has 2 aromatic rings. The summed E-state index contributed by atoms with van der Waals surface area (Å²) in [7, 11) is -1.31. The van der Waals surface area contributed by atoms with Gasteiger partial charge >= 0.3 is 0 Å². The maximum absolute atomic E-state index is 15.0. The maximum atomic E-state index is 15.0. The number of nitrogens with one attached hydrogen (secondary N) is 1. The van der Waals surface area contributed by atoms with Gasteiger partial charge < -0.3 is 10.2 Å². The largest absolute Gasteiger partial charge is 0.351 e. The fraction of sp³-hybridized carbons (Fsp3) is 0.609. The highest BCUT2D eigenvalue weighted by molar-refractivity contribution is 7.88. The van der Waals surface area contributed by atoms with E-state index >= 15 is 0 Å². The Morgan fingerprint density at radius 3 is 2.59 bits per heavy atom. The van der Waals surface area contributed by atoms with Crippen LogP contribution in [0.5, 0.6) is 0 Å². The van der Waals surface area contributed by atoms with Gasteiger partial charge in [0.05, 0.1) is 28.4 Å². The summed E-state index contributed by atoms with van der Waals surface area (Å²) in [4.78, 5) is 25.5. The summed E-state index contributed by atoms with van der Waals surface area (Å²) in [6, 6.07) is 0.00332. The van der Waals surface area contributed by atoms with Crippen molar-refractivity contribution >= 4 is 33.2 Å². The molecule has 0 bridgehead atoms. The molecule has 34 heavy (non-hydrogen) atoms. The van der Waals surface area contributed by atoms with Crippen molar-refractivity contribution in [2.45, 2.75) is 57.5 Å². The van der Waals surface area contributed by atoms with E-state index in [4.69, 9.17) is 0 Å². The van der Waals surface area contributed by atoms with Gasteiger partial charge in [0.15, 0.2) is 5.82 Å². The SMILES string of the molecule is Cc1c(-c2nc(NC3CCN(S(C)(=O)=O)CC3)ncc2F)sc2c1C(=O)N(C)C21CCCC1C. The highest BCUT2D eigenvalue weighted by atomic mass is 32.2. The van der Waals surface area contributed by atoms with Crippen molar-refractivity contribution in [2.24, 2.45) is 5.92 Å². The third-order valence-corrected chi connectivity index (χ3v) is 10.7. The molecule has 8 nitrogen and oxygen atoms in total. The molecule has 184 valence electrons. The molecule has 2 atom stereocenters. The monoisotopic (exact) mass is 507 g/mol. The lowest BCUT2D eigenvalue weighted by Gasteiger charge is -2.36. The Morgan fingerprint density at radius 2 is 1.97 bits per heavy atom. The van der Waals surface area contributed by atoms with Crippen LogP contribution in [0.1, 0.15) is 59.8 Å². The van der Waals surface area contributed by atoms with Crippen molar-refractivity contribution < 1.29 is 17.6 Å². The van der Waals surface area contributed by atoms with Gasteiger partial charge in [0.25, 0.3) is 5.91 Å². The number of sulfonamides is 1. The van der Waals surface area contributed by atoms with Crippen LogP contribution in [0.3, 0.4) is 0 Å². The van der Waals surface area contributed by atoms with E-state index in [-0.39, 0.29) is 23.2 Å². The molecule has 2 unspecified atom stereocenters. The van der Waals surface area contributed by atoms with Crippen LogP contribution in [0, 0.1) is 18.7 Å². The van der Waals surface area contributed by atoms with Gasteiger partial charge in [-0.2, -0.15) is 0 Å². The lowest BCUT2D eigenvalue weighted by Crippen LogP contribution is -2.42. The topological polar surface area (TPSA) is 95.5 Å². The van der Waals surface area contributed by atoms with Gasteiger partial charge in [-0.1, -0.05) is 13.3 Å². The van der Waals surface area contributed by atoms with Crippen molar-refractivity contribution in [2.75, 3.05) is 31.7 Å². The number of carbonyl (C=O) groups excluding carboxylic acids is 1. The number of hydrogen-bond acceptors (Lipinski definition) is 7. The summed E-state index contributed by atoms with van der Waals surface area (Å²) in [5.41, 5.74) is 1.38. The second kappa shape index (κ2) is 8.23. The number of piperidine rings is 1. The van der Waals surface area contributed by atoms with Crippen molar-refractivity contribution in [3.05, 3.63) is 28.0 Å². The van der Waals surface area contributed by atoms with Crippen molar-refractivity contribution in [3.63, 3.8) is 0 Å². The first kappa shape index (κ1) is 23.6. The van der Waals surface area contributed by atoms with Gasteiger partial charge in [-0.25, -0.2) is 27.1 Å². The normalized spacial score (nSPS) is 26.0. The molecule has 0 aromatic carbocycles. The van der Waals surface area contributed by atoms with Crippen LogP contribution in [0.15, 0.2) is 6.20 Å². The fourth-order valence-electron chi connectivity index (χ4n) is 5.91. The van der Waals surface area contributed by atoms with Crippen molar-refractivity contribution in [3.8, 4) is 10.6 Å². The Morgan fingerprint density at radius 1 is 1.26 bits per heavy atom. The van der Waals surface area contributed by atoms with Gasteiger partial charge in [-0.3, -0.25) is 4.79 Å². The molecule has 1 amide bonds. The smallest absolute Gasteiger partial charge is 0.255 e. The van der Waals surface area contributed by atoms with Gasteiger partial charge in [0.1, 0.15) is 5.69 Å². The Bertz CT molecular complexity index is 1260. The number of carbonyl (C=O) groups is 1. The average molecular weight is 508 g/mol. The lowest BCUT2D eigenvalue weighted by molar-refractivity contribution is 0.0556. The van der Waals surface area contributed by atoms with Crippen LogP contribution < -0.4 is 5.32 Å². The summed E-state index contributed by atoms with van der Waals surface area (Å²) < 4.78 is 39.9. The van der Waals surface area contributed by atoms with E-state index < -0.39 is 15.8 Å². The minimum Gasteiger partial charge on any atom is -0.351 e. The molecule has 3 aliphatic rings. The molecular formula is C23H30FN5O3S2. The lowest BCUT2D eigenvalue weighted by atomic mass is 9.86. The van der Waals surface area contributed by atoms with Crippen LogP contribution in [0.4, 0.5) is 10.3 Å². The molecule has 5 rings (SSSR count). The number of fused-ring (bicyclic) bond motifs is 2. The molecule has 1 aliphatic carbocycles. The molecule has 1 spiro atoms. The second-order valence-electron chi connectivity index (χ2n) is 9.81. The van der Waals surface area contributed by atoms with Crippen LogP contribution in [0.2, 0.25) is 0 Å². The molecule has 2 aromatic heterocycles. The zero-order chi connectivity index (χ0) is 24.4. The number of thiophene rings is 1. The van der Waals surface area contributed by atoms with Crippen LogP contribution >= 0.6 is 11.3 Å². The van der Waals surface area contributed by atoms with Gasteiger partial charge in [0, 0.05) is 31.1 Å². The van der Waals surface area contributed by atoms with Crippen LogP contribution in [0.25, 0.3) is 10.6 Å². The zero-order valence-corrected chi connectivity index (χ0v) is 21.5. The number of hydrogen-bond donors (Lipinski definition) is 1. The predicted molar refractivity (Wildman–Crippen MR) is 130 cm³/mol. The second-order valence-corrected chi connectivity index (χ2v) is 12.8. The van der Waals surface area contributed by atoms with E-state index in [1.54, 1.807) is 0 Å². The number of halogens is 1. The molecule has 0 radical (unpaired) electrons. The standard InChI is InChI=1S/C23H30FN5O3S2/c1-13-6-5-9-23(13)20-17(21(30)28(23)3)14(2)19(33-20)18-16(24)12-25-22(27-18)26-15-7-10-29(11-8-15)34(4,31)32/h12-13,15H,5-11H2,1-4H3,(H,25,26,27). The third-order valence-electron chi connectivity index (χ3n) is 7.88. The Hall–Kier alpha value is -2.11. The molecule has 1 N–H and O–H groups in total. The first-order valence-corrected chi connectivity index (χ1v) is 14.4. The van der Waals surface area contributed by atoms with E-state index in [1.165, 1.54) is 28.1 Å². The summed E-state index contributed by atoms with van der Waals surface area (Å²) >= 11 is 1.49. The van der Waals surface area contributed by atoms with E-state index in [1.807, 2.05) is 18.9 Å². The molecule has 2 aliphatic heterocycles. The Labute approximate surface area is 203 Å². The number of aromatic nitrogens is 2. The number of nitrogens with zero attached hydrogens (tertiary/aromatic N) is 4. The highest BCUT2D eigenvalue weighted by Crippen LogP contribution is 2.57. The molecule has 2 fully saturated rings. The summed E-state index contributed by atoms with van der Waals surface area (Å²) in [5.74, 6) is 0.150. The minimum atomic E-state index is -3.20. The van der Waals surface area contributed by atoms with Gasteiger partial charge in [-0.15, -0.1) is 11.3 Å². The van der Waals surface area contributed by atoms with E-state index in [0.717, 1.165) is 29.7 Å². The van der Waals surface area contributed by atoms with Crippen LogP contribution in [-0.4, -0.2) is 65.9 Å². The molecule has 11 heteroatoms. The summed E-state index contributed by atoms with van der Waals surface area (Å²) in [6.45, 7) is 4.93.